The molecule has 1 unspecified atom stereocenters. The molecule has 0 saturated carbocycles. The number of thioether (sulfide) groups is 1. The third kappa shape index (κ3) is 6.51. The lowest BCUT2D eigenvalue weighted by Gasteiger charge is -2.19. The van der Waals surface area contributed by atoms with Crippen LogP contribution in [0.25, 0.3) is 0 Å². The fraction of sp³-hybridized carbons (Fsp3) is 0.500. The highest BCUT2D eigenvalue weighted by atomic mass is 32.2. The van der Waals surface area contributed by atoms with Crippen molar-refractivity contribution in [2.24, 2.45) is 0 Å². The van der Waals surface area contributed by atoms with Crippen molar-refractivity contribution in [3.05, 3.63) is 53.1 Å². The van der Waals surface area contributed by atoms with E-state index in [-0.39, 0.29) is 5.75 Å². The van der Waals surface area contributed by atoms with E-state index in [4.69, 9.17) is 0 Å². The highest BCUT2D eigenvalue weighted by Crippen LogP contribution is 2.46. The average Bonchev–Trinajstić information content (AvgIpc) is 3.11. The van der Waals surface area contributed by atoms with Gasteiger partial charge in [-0.1, -0.05) is 54.9 Å². The van der Waals surface area contributed by atoms with E-state index in [0.29, 0.717) is 12.2 Å². The molecule has 6 nitrogen and oxygen atoms in total. The topological polar surface area (TPSA) is 84.8 Å². The van der Waals surface area contributed by atoms with Gasteiger partial charge in [0.1, 0.15) is 11.1 Å². The number of hydrogen-bond acceptors (Lipinski definition) is 7. The predicted molar refractivity (Wildman–Crippen MR) is 134 cm³/mol. The molecule has 4 rings (SSSR count). The number of benzene rings is 2. The number of fused-ring (bicyclic) bond motifs is 1. The van der Waals surface area contributed by atoms with E-state index >= 15 is 0 Å². The number of aliphatic hydroxyl groups excluding tert-OH is 1. The summed E-state index contributed by atoms with van der Waals surface area (Å²) in [6, 6.07) is 12.1. The van der Waals surface area contributed by atoms with Crippen LogP contribution in [0.15, 0.2) is 41.3 Å². The lowest BCUT2D eigenvalue weighted by molar-refractivity contribution is -0.107. The van der Waals surface area contributed by atoms with Gasteiger partial charge >= 0.3 is 0 Å². The summed E-state index contributed by atoms with van der Waals surface area (Å²) < 4.78 is 0. The zero-order valence-corrected chi connectivity index (χ0v) is 19.9. The summed E-state index contributed by atoms with van der Waals surface area (Å²) in [5, 5.41) is 26.7. The summed E-state index contributed by atoms with van der Waals surface area (Å²) >= 11 is 1.33. The summed E-state index contributed by atoms with van der Waals surface area (Å²) in [6.45, 7) is 4.80. The molecule has 7 heteroatoms. The molecule has 2 heterocycles. The smallest absolute Gasteiger partial charge is 0.152 e. The van der Waals surface area contributed by atoms with Gasteiger partial charge in [0, 0.05) is 18.0 Å². The van der Waals surface area contributed by atoms with E-state index in [1.807, 2.05) is 0 Å². The second kappa shape index (κ2) is 11.9. The van der Waals surface area contributed by atoms with Crippen molar-refractivity contribution >= 4 is 23.7 Å². The van der Waals surface area contributed by atoms with Gasteiger partial charge in [0.25, 0.3) is 0 Å². The summed E-state index contributed by atoms with van der Waals surface area (Å²) in [4.78, 5) is 14.5. The largest absolute Gasteiger partial charge is 0.506 e. The number of nitrogens with zero attached hydrogens (tertiary/aromatic N) is 1. The van der Waals surface area contributed by atoms with E-state index in [1.165, 1.54) is 61.7 Å². The van der Waals surface area contributed by atoms with Gasteiger partial charge in [-0.2, -0.15) is 0 Å². The van der Waals surface area contributed by atoms with E-state index in [1.54, 1.807) is 12.1 Å². The zero-order valence-electron chi connectivity index (χ0n) is 19.1. The molecule has 178 valence electrons. The predicted octanol–water partition coefficient (Wildman–Crippen LogP) is 3.72. The van der Waals surface area contributed by atoms with Crippen molar-refractivity contribution < 1.29 is 15.0 Å². The Morgan fingerprint density at radius 2 is 1.88 bits per heavy atom. The van der Waals surface area contributed by atoms with Crippen LogP contribution in [0.1, 0.15) is 48.5 Å². The Bertz CT molecular complexity index is 931. The number of rotatable bonds is 10. The van der Waals surface area contributed by atoms with Gasteiger partial charge in [0.05, 0.1) is 11.8 Å². The Kier molecular flexibility index (Phi) is 8.67. The van der Waals surface area contributed by atoms with Crippen LogP contribution in [0.5, 0.6) is 5.75 Å². The molecule has 2 aromatic carbocycles. The van der Waals surface area contributed by atoms with Crippen LogP contribution in [0.2, 0.25) is 0 Å². The van der Waals surface area contributed by atoms with Crippen LogP contribution in [0.3, 0.4) is 0 Å². The van der Waals surface area contributed by atoms with Crippen molar-refractivity contribution in [2.45, 2.75) is 54.9 Å². The molecule has 2 aromatic rings. The molecular formula is C26H35N3O3S. The molecule has 1 saturated heterocycles. The Morgan fingerprint density at radius 1 is 1.12 bits per heavy atom. The first kappa shape index (κ1) is 24.1. The van der Waals surface area contributed by atoms with E-state index < -0.39 is 11.5 Å². The normalized spacial score (nSPS) is 19.5. The fourth-order valence-electron chi connectivity index (χ4n) is 4.65. The van der Waals surface area contributed by atoms with Gasteiger partial charge in [-0.05, 0) is 68.1 Å². The maximum atomic E-state index is 11.1. The van der Waals surface area contributed by atoms with Crippen LogP contribution < -0.4 is 10.6 Å². The van der Waals surface area contributed by atoms with E-state index in [2.05, 4.69) is 39.8 Å². The Hall–Kier alpha value is -2.06. The molecule has 0 amide bonds. The summed E-state index contributed by atoms with van der Waals surface area (Å²) in [6.07, 6.45) is 7.51. The first-order valence-corrected chi connectivity index (χ1v) is 13.0. The summed E-state index contributed by atoms with van der Waals surface area (Å²) in [7, 11) is 0. The molecule has 0 bridgehead atoms. The maximum absolute atomic E-state index is 11.1. The van der Waals surface area contributed by atoms with E-state index in [9.17, 15) is 15.0 Å². The Labute approximate surface area is 200 Å². The van der Waals surface area contributed by atoms with Crippen molar-refractivity contribution in [1.29, 1.82) is 0 Å². The molecule has 33 heavy (non-hydrogen) atoms. The number of nitrogens with one attached hydrogen (secondary N) is 2. The van der Waals surface area contributed by atoms with Gasteiger partial charge in [0.15, 0.2) is 6.29 Å². The Morgan fingerprint density at radius 3 is 2.64 bits per heavy atom. The molecule has 1 fully saturated rings. The highest BCUT2D eigenvalue weighted by molar-refractivity contribution is 8.01. The summed E-state index contributed by atoms with van der Waals surface area (Å²) in [5.74, 6) is 0.0986. The van der Waals surface area contributed by atoms with Gasteiger partial charge < -0.3 is 30.5 Å². The third-order valence-corrected chi connectivity index (χ3v) is 7.67. The lowest BCUT2D eigenvalue weighted by Crippen LogP contribution is -2.27. The quantitative estimate of drug-likeness (QED) is 0.240. The van der Waals surface area contributed by atoms with Gasteiger partial charge in [-0.3, -0.25) is 0 Å². The first-order chi connectivity index (χ1) is 16.1. The van der Waals surface area contributed by atoms with Crippen molar-refractivity contribution in [3.63, 3.8) is 0 Å². The number of carbonyl (C=O) groups excluding carboxylic acids is 1. The third-order valence-electron chi connectivity index (χ3n) is 6.52. The molecule has 4 N–H and O–H groups in total. The van der Waals surface area contributed by atoms with Crippen LogP contribution in [-0.2, 0) is 17.6 Å². The number of aliphatic hydroxyl groups is 1. The maximum Gasteiger partial charge on any atom is 0.152 e. The molecule has 2 aliphatic heterocycles. The number of hydrogen-bond donors (Lipinski definition) is 4. The van der Waals surface area contributed by atoms with E-state index in [0.717, 1.165) is 42.7 Å². The van der Waals surface area contributed by atoms with Gasteiger partial charge in [-0.15, -0.1) is 0 Å². The van der Waals surface area contributed by atoms with Gasteiger partial charge in [0.2, 0.25) is 0 Å². The minimum absolute atomic E-state index is 0.0986. The van der Waals surface area contributed by atoms with Crippen molar-refractivity contribution in [3.8, 4) is 5.75 Å². The van der Waals surface area contributed by atoms with Crippen LogP contribution in [-0.4, -0.2) is 59.5 Å². The van der Waals surface area contributed by atoms with Crippen LogP contribution in [0, 0.1) is 0 Å². The number of aldehydes is 1. The minimum Gasteiger partial charge on any atom is -0.506 e. The molecule has 0 radical (unpaired) electrons. The molecule has 2 aliphatic rings. The molecule has 2 atom stereocenters. The number of phenolic OH excluding ortho intramolecular Hbond substituents is 1. The number of aromatic hydroxyl groups is 1. The number of anilines is 1. The van der Waals surface area contributed by atoms with Crippen LogP contribution in [0.4, 0.5) is 5.69 Å². The fourth-order valence-corrected chi connectivity index (χ4v) is 5.75. The van der Waals surface area contributed by atoms with Gasteiger partial charge in [-0.25, -0.2) is 0 Å². The molecular weight excluding hydrogens is 434 g/mol. The second-order valence-electron chi connectivity index (χ2n) is 8.99. The highest BCUT2D eigenvalue weighted by Gasteiger charge is 2.28. The first-order valence-electron chi connectivity index (χ1n) is 12.1. The molecule has 0 spiro atoms. The minimum atomic E-state index is -0.709. The average molecular weight is 470 g/mol. The lowest BCUT2D eigenvalue weighted by atomic mass is 10.1. The van der Waals surface area contributed by atoms with Crippen molar-refractivity contribution in [1.82, 2.24) is 10.2 Å². The number of likely N-dealkylation sites (tertiary alicyclic amines) is 1. The SMILES string of the molecule is O=CC1Nc2c(O)ccc([C@@H](O)CNCCc3cccc(CCN4CCCCCC4)c3)c2S1. The van der Waals surface area contributed by atoms with Crippen molar-refractivity contribution in [2.75, 3.05) is 38.0 Å². The van der Waals surface area contributed by atoms with Crippen LogP contribution >= 0.6 is 11.8 Å². The molecule has 0 aromatic heterocycles. The summed E-state index contributed by atoms with van der Waals surface area (Å²) in [5.41, 5.74) is 3.97. The molecule has 0 aliphatic carbocycles. The number of phenols is 1. The standard InChI is InChI=1S/C26H35N3O3S/c30-18-24-28-25-22(31)9-8-21(26(25)33-24)23(32)17-27-12-10-19-6-5-7-20(16-19)11-15-29-13-3-1-2-4-14-29/h5-9,16,18,23-24,27-28,31-32H,1-4,10-15,17H2/t23-,24?/m0/s1. The zero-order chi connectivity index (χ0) is 23.0. The Balaban J connectivity index is 1.24. The number of carbonyl (C=O) groups is 1. The second-order valence-corrected chi connectivity index (χ2v) is 10.1. The monoisotopic (exact) mass is 469 g/mol.